The van der Waals surface area contributed by atoms with Crippen LogP contribution < -0.4 is 5.32 Å². The van der Waals surface area contributed by atoms with Crippen molar-refractivity contribution in [3.8, 4) is 0 Å². The lowest BCUT2D eigenvalue weighted by atomic mass is 9.70. The van der Waals surface area contributed by atoms with Crippen molar-refractivity contribution in [2.75, 3.05) is 39.9 Å². The maximum absolute atomic E-state index is 5.15. The molecule has 0 aromatic rings. The van der Waals surface area contributed by atoms with E-state index in [0.29, 0.717) is 11.5 Å². The van der Waals surface area contributed by atoms with E-state index >= 15 is 0 Å². The Bertz CT molecular complexity index is 247. The molecule has 1 aliphatic rings. The standard InChI is InChI=1S/C17H36N2O/c1-6-19(15(2)3)14-17(13-18-11-12-20-5)9-7-16(4)8-10-17/h15-16,18H,6-14H2,1-5H3. The maximum Gasteiger partial charge on any atom is 0.0587 e. The summed E-state index contributed by atoms with van der Waals surface area (Å²) in [4.78, 5) is 2.63. The van der Waals surface area contributed by atoms with Crippen molar-refractivity contribution in [3.05, 3.63) is 0 Å². The van der Waals surface area contributed by atoms with E-state index in [-0.39, 0.29) is 0 Å². The number of nitrogens with one attached hydrogen (secondary N) is 1. The Balaban J connectivity index is 2.58. The lowest BCUT2D eigenvalue weighted by molar-refractivity contribution is 0.0717. The van der Waals surface area contributed by atoms with Crippen molar-refractivity contribution in [3.63, 3.8) is 0 Å². The molecule has 0 atom stereocenters. The first-order valence-corrected chi connectivity index (χ1v) is 8.46. The summed E-state index contributed by atoms with van der Waals surface area (Å²) in [5, 5.41) is 3.63. The summed E-state index contributed by atoms with van der Waals surface area (Å²) in [5.41, 5.74) is 0.473. The third-order valence-electron chi connectivity index (χ3n) is 4.99. The van der Waals surface area contributed by atoms with E-state index in [0.717, 1.165) is 32.2 Å². The summed E-state index contributed by atoms with van der Waals surface area (Å²) in [6, 6.07) is 0.648. The van der Waals surface area contributed by atoms with Crippen molar-refractivity contribution < 1.29 is 4.74 Å². The maximum atomic E-state index is 5.15. The van der Waals surface area contributed by atoms with E-state index in [1.165, 1.54) is 32.2 Å². The summed E-state index contributed by atoms with van der Waals surface area (Å²) in [6.07, 6.45) is 5.53. The Labute approximate surface area is 126 Å². The van der Waals surface area contributed by atoms with Crippen LogP contribution in [0.15, 0.2) is 0 Å². The molecule has 1 rings (SSSR count). The molecule has 120 valence electrons. The first kappa shape index (κ1) is 17.9. The Morgan fingerprint density at radius 2 is 1.95 bits per heavy atom. The monoisotopic (exact) mass is 284 g/mol. The topological polar surface area (TPSA) is 24.5 Å². The minimum absolute atomic E-state index is 0.473. The molecule has 3 heteroatoms. The van der Waals surface area contributed by atoms with Gasteiger partial charge in [-0.15, -0.1) is 0 Å². The Kier molecular flexibility index (Phi) is 8.08. The number of ether oxygens (including phenoxy) is 1. The van der Waals surface area contributed by atoms with Crippen LogP contribution in [0.25, 0.3) is 0 Å². The van der Waals surface area contributed by atoms with Crippen LogP contribution in [0.4, 0.5) is 0 Å². The molecule has 0 spiro atoms. The molecule has 0 saturated heterocycles. The number of hydrogen-bond donors (Lipinski definition) is 1. The number of methoxy groups -OCH3 is 1. The van der Waals surface area contributed by atoms with Gasteiger partial charge in [0.1, 0.15) is 0 Å². The van der Waals surface area contributed by atoms with Crippen LogP contribution >= 0.6 is 0 Å². The molecule has 0 aromatic carbocycles. The summed E-state index contributed by atoms with van der Waals surface area (Å²) in [7, 11) is 1.78. The van der Waals surface area contributed by atoms with Crippen molar-refractivity contribution in [1.29, 1.82) is 0 Å². The highest BCUT2D eigenvalue weighted by Gasteiger charge is 2.35. The fourth-order valence-electron chi connectivity index (χ4n) is 3.38. The van der Waals surface area contributed by atoms with E-state index in [2.05, 4.69) is 37.9 Å². The van der Waals surface area contributed by atoms with Gasteiger partial charge >= 0.3 is 0 Å². The molecule has 1 saturated carbocycles. The smallest absolute Gasteiger partial charge is 0.0587 e. The van der Waals surface area contributed by atoms with Crippen LogP contribution in [0.5, 0.6) is 0 Å². The molecule has 0 bridgehead atoms. The van der Waals surface area contributed by atoms with Gasteiger partial charge in [0.2, 0.25) is 0 Å². The molecule has 20 heavy (non-hydrogen) atoms. The molecule has 3 nitrogen and oxygen atoms in total. The third kappa shape index (κ3) is 5.71. The van der Waals surface area contributed by atoms with Crippen LogP contribution in [-0.4, -0.2) is 50.8 Å². The average Bonchev–Trinajstić information content (AvgIpc) is 2.44. The summed E-state index contributed by atoms with van der Waals surface area (Å²) in [5.74, 6) is 0.913. The van der Waals surface area contributed by atoms with Crippen molar-refractivity contribution in [2.45, 2.75) is 59.4 Å². The highest BCUT2D eigenvalue weighted by molar-refractivity contribution is 4.89. The van der Waals surface area contributed by atoms with Gasteiger partial charge in [-0.2, -0.15) is 0 Å². The zero-order valence-corrected chi connectivity index (χ0v) is 14.4. The summed E-state index contributed by atoms with van der Waals surface area (Å²) in [6.45, 7) is 14.7. The minimum Gasteiger partial charge on any atom is -0.383 e. The van der Waals surface area contributed by atoms with E-state index < -0.39 is 0 Å². The molecule has 0 amide bonds. The quantitative estimate of drug-likeness (QED) is 0.658. The minimum atomic E-state index is 0.473. The second kappa shape index (κ2) is 9.01. The molecule has 0 aliphatic heterocycles. The summed E-state index contributed by atoms with van der Waals surface area (Å²) < 4.78 is 5.15. The first-order valence-electron chi connectivity index (χ1n) is 8.46. The van der Waals surface area contributed by atoms with Gasteiger partial charge in [-0.05, 0) is 44.6 Å². The third-order valence-corrected chi connectivity index (χ3v) is 4.99. The predicted octanol–water partition coefficient (Wildman–Crippen LogP) is 3.15. The van der Waals surface area contributed by atoms with Gasteiger partial charge in [0.25, 0.3) is 0 Å². The van der Waals surface area contributed by atoms with E-state index in [4.69, 9.17) is 4.74 Å². The van der Waals surface area contributed by atoms with Crippen LogP contribution in [0.3, 0.4) is 0 Å². The normalized spacial score (nSPS) is 27.4. The highest BCUT2D eigenvalue weighted by atomic mass is 16.5. The number of rotatable bonds is 9. The van der Waals surface area contributed by atoms with Crippen molar-refractivity contribution in [2.24, 2.45) is 11.3 Å². The highest BCUT2D eigenvalue weighted by Crippen LogP contribution is 2.39. The van der Waals surface area contributed by atoms with Gasteiger partial charge in [-0.1, -0.05) is 26.7 Å². The largest absolute Gasteiger partial charge is 0.383 e. The van der Waals surface area contributed by atoms with Crippen LogP contribution in [-0.2, 0) is 4.74 Å². The number of nitrogens with zero attached hydrogens (tertiary/aromatic N) is 1. The fourth-order valence-corrected chi connectivity index (χ4v) is 3.38. The molecule has 1 fully saturated rings. The van der Waals surface area contributed by atoms with Crippen molar-refractivity contribution >= 4 is 0 Å². The Morgan fingerprint density at radius 1 is 1.30 bits per heavy atom. The molecular weight excluding hydrogens is 248 g/mol. The van der Waals surface area contributed by atoms with E-state index in [1.54, 1.807) is 7.11 Å². The molecule has 1 aliphatic carbocycles. The van der Waals surface area contributed by atoms with Gasteiger partial charge in [-0.25, -0.2) is 0 Å². The second-order valence-corrected chi connectivity index (χ2v) is 7.01. The first-order chi connectivity index (χ1) is 9.53. The molecule has 0 aromatic heterocycles. The van der Waals surface area contributed by atoms with Gasteiger partial charge < -0.3 is 15.0 Å². The molecule has 0 unspecified atom stereocenters. The van der Waals surface area contributed by atoms with Gasteiger partial charge in [0.15, 0.2) is 0 Å². The molecule has 0 radical (unpaired) electrons. The zero-order chi connectivity index (χ0) is 15.0. The van der Waals surface area contributed by atoms with E-state index in [9.17, 15) is 0 Å². The van der Waals surface area contributed by atoms with Gasteiger partial charge in [0.05, 0.1) is 6.61 Å². The molecular formula is C17H36N2O. The van der Waals surface area contributed by atoms with Crippen molar-refractivity contribution in [1.82, 2.24) is 10.2 Å². The van der Waals surface area contributed by atoms with Gasteiger partial charge in [0, 0.05) is 32.8 Å². The SMILES string of the molecule is CCN(CC1(CNCCOC)CCC(C)CC1)C(C)C. The zero-order valence-electron chi connectivity index (χ0n) is 14.4. The van der Waals surface area contributed by atoms with Crippen LogP contribution in [0.1, 0.15) is 53.4 Å². The molecule has 0 heterocycles. The van der Waals surface area contributed by atoms with Gasteiger partial charge in [-0.3, -0.25) is 0 Å². The number of hydrogen-bond acceptors (Lipinski definition) is 3. The van der Waals surface area contributed by atoms with Crippen LogP contribution in [0, 0.1) is 11.3 Å². The van der Waals surface area contributed by atoms with E-state index in [1.807, 2.05) is 0 Å². The lowest BCUT2D eigenvalue weighted by Gasteiger charge is -2.44. The summed E-state index contributed by atoms with van der Waals surface area (Å²) >= 11 is 0. The van der Waals surface area contributed by atoms with Crippen LogP contribution in [0.2, 0.25) is 0 Å². The lowest BCUT2D eigenvalue weighted by Crippen LogP contribution is -2.48. The fraction of sp³-hybridized carbons (Fsp3) is 1.00. The second-order valence-electron chi connectivity index (χ2n) is 7.01. The average molecular weight is 284 g/mol. The Hall–Kier alpha value is -0.120. The Morgan fingerprint density at radius 3 is 2.45 bits per heavy atom. The predicted molar refractivity (Wildman–Crippen MR) is 87.2 cm³/mol. The molecule has 1 N–H and O–H groups in total.